The molecule has 0 bridgehead atoms. The largest absolute Gasteiger partial charge is 0.357 e. The highest BCUT2D eigenvalue weighted by Gasteiger charge is 2.33. The first-order valence-corrected chi connectivity index (χ1v) is 7.70. The lowest BCUT2D eigenvalue weighted by Gasteiger charge is -2.25. The molecule has 2 heterocycles. The lowest BCUT2D eigenvalue weighted by Crippen LogP contribution is -2.41. The molecule has 5 heteroatoms. The van der Waals surface area contributed by atoms with Crippen LogP contribution in [0.25, 0.3) is 0 Å². The van der Waals surface area contributed by atoms with Crippen LogP contribution < -0.4 is 5.32 Å². The van der Waals surface area contributed by atoms with Crippen LogP contribution in [0.5, 0.6) is 0 Å². The highest BCUT2D eigenvalue weighted by atomic mass is 127. The number of aliphatic imine (C=N–C) groups is 1. The van der Waals surface area contributed by atoms with Crippen LogP contribution in [0.2, 0.25) is 0 Å². The molecule has 1 fully saturated rings. The third-order valence-electron chi connectivity index (χ3n) is 4.35. The van der Waals surface area contributed by atoms with E-state index >= 15 is 0 Å². The molecule has 21 heavy (non-hydrogen) atoms. The molecule has 1 unspecified atom stereocenters. The SMILES string of the molecule is CCNC(=NCc1ccn(C)c1)N1CCC(C)(CC)C1.I. The predicted octanol–water partition coefficient (Wildman–Crippen LogP) is 3.23. The maximum Gasteiger partial charge on any atom is 0.194 e. The summed E-state index contributed by atoms with van der Waals surface area (Å²) in [7, 11) is 2.05. The molecule has 1 atom stereocenters. The van der Waals surface area contributed by atoms with Crippen molar-refractivity contribution in [3.8, 4) is 0 Å². The molecule has 1 saturated heterocycles. The molecule has 1 aliphatic rings. The lowest BCUT2D eigenvalue weighted by atomic mass is 9.87. The quantitative estimate of drug-likeness (QED) is 0.475. The van der Waals surface area contributed by atoms with Gasteiger partial charge in [0.1, 0.15) is 0 Å². The molecule has 0 aromatic carbocycles. The molecule has 0 radical (unpaired) electrons. The van der Waals surface area contributed by atoms with E-state index < -0.39 is 0 Å². The van der Waals surface area contributed by atoms with Crippen LogP contribution in [0, 0.1) is 5.41 Å². The fourth-order valence-corrected chi connectivity index (χ4v) is 2.74. The molecule has 120 valence electrons. The number of aryl methyl sites for hydroxylation is 1. The van der Waals surface area contributed by atoms with Crippen molar-refractivity contribution in [1.82, 2.24) is 14.8 Å². The standard InChI is InChI=1S/C16H28N4.HI/c1-5-16(3)8-10-20(13-16)15(17-6-2)18-11-14-7-9-19(4)12-14;/h7,9,12H,5-6,8,10-11,13H2,1-4H3,(H,17,18);1H. The summed E-state index contributed by atoms with van der Waals surface area (Å²) in [6.07, 6.45) is 6.70. The number of guanidine groups is 1. The van der Waals surface area contributed by atoms with Crippen LogP contribution in [-0.2, 0) is 13.6 Å². The highest BCUT2D eigenvalue weighted by molar-refractivity contribution is 14.0. The van der Waals surface area contributed by atoms with Gasteiger partial charge in [0.2, 0.25) is 0 Å². The van der Waals surface area contributed by atoms with Crippen LogP contribution in [0.3, 0.4) is 0 Å². The molecule has 1 aromatic rings. The second kappa shape index (κ2) is 8.06. The maximum atomic E-state index is 4.80. The summed E-state index contributed by atoms with van der Waals surface area (Å²) in [4.78, 5) is 7.21. The van der Waals surface area contributed by atoms with Gasteiger partial charge in [0.25, 0.3) is 0 Å². The van der Waals surface area contributed by atoms with E-state index in [4.69, 9.17) is 4.99 Å². The Balaban J connectivity index is 0.00000220. The molecule has 0 spiro atoms. The van der Waals surface area contributed by atoms with E-state index in [1.807, 2.05) is 7.05 Å². The number of hydrogen-bond acceptors (Lipinski definition) is 1. The van der Waals surface area contributed by atoms with Crippen molar-refractivity contribution in [2.75, 3.05) is 19.6 Å². The van der Waals surface area contributed by atoms with Crippen molar-refractivity contribution in [1.29, 1.82) is 0 Å². The zero-order valence-corrected chi connectivity index (χ0v) is 16.1. The molecule has 0 saturated carbocycles. The van der Waals surface area contributed by atoms with Crippen LogP contribution in [0.15, 0.2) is 23.5 Å². The molecule has 0 aliphatic carbocycles. The predicted molar refractivity (Wildman–Crippen MR) is 100 cm³/mol. The molecule has 2 rings (SSSR count). The monoisotopic (exact) mass is 404 g/mol. The van der Waals surface area contributed by atoms with Gasteiger partial charge in [-0.05, 0) is 36.8 Å². The Bertz CT molecular complexity index is 469. The van der Waals surface area contributed by atoms with Crippen LogP contribution in [0.1, 0.15) is 39.2 Å². The molecule has 0 amide bonds. The summed E-state index contributed by atoms with van der Waals surface area (Å²) in [5.74, 6) is 1.06. The van der Waals surface area contributed by atoms with E-state index in [2.05, 4.69) is 54.0 Å². The second-order valence-corrected chi connectivity index (χ2v) is 6.19. The number of halogens is 1. The van der Waals surface area contributed by atoms with E-state index in [1.165, 1.54) is 18.4 Å². The number of aromatic nitrogens is 1. The number of likely N-dealkylation sites (tertiary alicyclic amines) is 1. The van der Waals surface area contributed by atoms with Gasteiger partial charge >= 0.3 is 0 Å². The van der Waals surface area contributed by atoms with Gasteiger partial charge in [-0.25, -0.2) is 4.99 Å². The summed E-state index contributed by atoms with van der Waals surface area (Å²) in [5, 5.41) is 3.43. The van der Waals surface area contributed by atoms with Crippen molar-refractivity contribution in [2.24, 2.45) is 17.5 Å². The summed E-state index contributed by atoms with van der Waals surface area (Å²) in [6.45, 7) is 10.7. The second-order valence-electron chi connectivity index (χ2n) is 6.19. The maximum absolute atomic E-state index is 4.80. The molecule has 1 N–H and O–H groups in total. The van der Waals surface area contributed by atoms with Crippen LogP contribution in [0.4, 0.5) is 0 Å². The fraction of sp³-hybridized carbons (Fsp3) is 0.688. The third kappa shape index (κ3) is 4.90. The highest BCUT2D eigenvalue weighted by Crippen LogP contribution is 2.32. The Morgan fingerprint density at radius 2 is 2.19 bits per heavy atom. The number of nitrogens with one attached hydrogen (secondary N) is 1. The van der Waals surface area contributed by atoms with Gasteiger partial charge in [0.15, 0.2) is 5.96 Å². The van der Waals surface area contributed by atoms with Gasteiger partial charge in [-0.15, -0.1) is 24.0 Å². The van der Waals surface area contributed by atoms with Gasteiger partial charge in [-0.3, -0.25) is 0 Å². The molecular formula is C16H29IN4. The molecular weight excluding hydrogens is 375 g/mol. The third-order valence-corrected chi connectivity index (χ3v) is 4.35. The molecule has 4 nitrogen and oxygen atoms in total. The fourth-order valence-electron chi connectivity index (χ4n) is 2.74. The minimum atomic E-state index is 0. The normalized spacial score (nSPS) is 22.3. The Labute approximate surface area is 146 Å². The smallest absolute Gasteiger partial charge is 0.194 e. The molecule has 1 aliphatic heterocycles. The van der Waals surface area contributed by atoms with E-state index in [1.54, 1.807) is 0 Å². The Kier molecular flexibility index (Phi) is 7.03. The van der Waals surface area contributed by atoms with Gasteiger partial charge < -0.3 is 14.8 Å². The van der Waals surface area contributed by atoms with Crippen molar-refractivity contribution in [3.05, 3.63) is 24.0 Å². The van der Waals surface area contributed by atoms with Gasteiger partial charge in [-0.1, -0.05) is 13.8 Å². The van der Waals surface area contributed by atoms with E-state index in [0.717, 1.165) is 32.1 Å². The van der Waals surface area contributed by atoms with Crippen molar-refractivity contribution in [2.45, 2.75) is 40.2 Å². The summed E-state index contributed by atoms with van der Waals surface area (Å²) in [5.41, 5.74) is 1.71. The van der Waals surface area contributed by atoms with Crippen LogP contribution in [-0.4, -0.2) is 35.1 Å². The Morgan fingerprint density at radius 1 is 1.43 bits per heavy atom. The summed E-state index contributed by atoms with van der Waals surface area (Å²) >= 11 is 0. The number of nitrogens with zero attached hydrogens (tertiary/aromatic N) is 3. The zero-order valence-electron chi connectivity index (χ0n) is 13.7. The van der Waals surface area contributed by atoms with Crippen molar-refractivity contribution >= 4 is 29.9 Å². The number of hydrogen-bond donors (Lipinski definition) is 1. The average molecular weight is 404 g/mol. The first-order valence-electron chi connectivity index (χ1n) is 7.70. The van der Waals surface area contributed by atoms with Gasteiger partial charge in [0, 0.05) is 39.1 Å². The van der Waals surface area contributed by atoms with Gasteiger partial charge in [-0.2, -0.15) is 0 Å². The number of rotatable bonds is 4. The van der Waals surface area contributed by atoms with Crippen molar-refractivity contribution in [3.63, 3.8) is 0 Å². The Hall–Kier alpha value is -0.720. The minimum Gasteiger partial charge on any atom is -0.357 e. The topological polar surface area (TPSA) is 32.6 Å². The summed E-state index contributed by atoms with van der Waals surface area (Å²) in [6, 6.07) is 2.13. The average Bonchev–Trinajstić information content (AvgIpc) is 3.02. The van der Waals surface area contributed by atoms with Crippen LogP contribution >= 0.6 is 24.0 Å². The summed E-state index contributed by atoms with van der Waals surface area (Å²) < 4.78 is 2.07. The zero-order chi connectivity index (χ0) is 14.6. The van der Waals surface area contributed by atoms with E-state index in [0.29, 0.717) is 5.41 Å². The van der Waals surface area contributed by atoms with E-state index in [9.17, 15) is 0 Å². The first kappa shape index (κ1) is 18.3. The molecule has 1 aromatic heterocycles. The minimum absolute atomic E-state index is 0. The van der Waals surface area contributed by atoms with Gasteiger partial charge in [0.05, 0.1) is 6.54 Å². The van der Waals surface area contributed by atoms with Crippen molar-refractivity contribution < 1.29 is 0 Å². The first-order chi connectivity index (χ1) is 9.56. The Morgan fingerprint density at radius 3 is 2.71 bits per heavy atom. The van der Waals surface area contributed by atoms with E-state index in [-0.39, 0.29) is 24.0 Å². The lowest BCUT2D eigenvalue weighted by molar-refractivity contribution is 0.322.